The number of hydrogen-bond acceptors (Lipinski definition) is 5. The highest BCUT2D eigenvalue weighted by Crippen LogP contribution is 2.34. The zero-order valence-electron chi connectivity index (χ0n) is 17.3. The lowest BCUT2D eigenvalue weighted by atomic mass is 10.1. The quantitative estimate of drug-likeness (QED) is 0.273. The van der Waals surface area contributed by atoms with Gasteiger partial charge in [-0.2, -0.15) is 5.01 Å². The van der Waals surface area contributed by atoms with Gasteiger partial charge in [0.25, 0.3) is 11.8 Å². The van der Waals surface area contributed by atoms with Crippen LogP contribution in [0.3, 0.4) is 0 Å². The number of benzene rings is 3. The Labute approximate surface area is 218 Å². The number of thiocarbonyl (C=S) groups is 1. The Kier molecular flexibility index (Phi) is 7.67. The molecule has 0 bridgehead atoms. The van der Waals surface area contributed by atoms with Crippen LogP contribution >= 0.6 is 51.5 Å². The number of hydrazine groups is 1. The maximum absolute atomic E-state index is 13.1. The molecule has 0 radical (unpaired) electrons. The first-order valence-corrected chi connectivity index (χ1v) is 12.2. The van der Waals surface area contributed by atoms with Crippen LogP contribution in [0.2, 0.25) is 5.02 Å². The Morgan fingerprint density at radius 3 is 2.56 bits per heavy atom. The Bertz CT molecular complexity index is 1300. The number of nitrogens with one attached hydrogen (secondary N) is 1. The smallest absolute Gasteiger partial charge is 0.285 e. The van der Waals surface area contributed by atoms with Crippen molar-refractivity contribution in [3.05, 3.63) is 104 Å². The minimum atomic E-state index is -0.486. The predicted octanol–water partition coefficient (Wildman–Crippen LogP) is 6.37. The molecule has 3 aromatic rings. The van der Waals surface area contributed by atoms with Crippen LogP contribution in [0.4, 0.5) is 4.39 Å². The maximum Gasteiger partial charge on any atom is 0.285 e. The van der Waals surface area contributed by atoms with Crippen molar-refractivity contribution in [2.75, 3.05) is 0 Å². The number of thioether (sulfide) groups is 1. The summed E-state index contributed by atoms with van der Waals surface area (Å²) in [6.45, 7) is 0.223. The van der Waals surface area contributed by atoms with Gasteiger partial charge in [-0.3, -0.25) is 15.0 Å². The van der Waals surface area contributed by atoms with Crippen LogP contribution < -0.4 is 10.2 Å². The van der Waals surface area contributed by atoms with Gasteiger partial charge in [0.15, 0.2) is 4.32 Å². The number of hydrogen-bond donors (Lipinski definition) is 1. The molecule has 1 fully saturated rings. The molecule has 0 unspecified atom stereocenters. The highest BCUT2D eigenvalue weighted by atomic mass is 79.9. The van der Waals surface area contributed by atoms with Crippen LogP contribution in [-0.4, -0.2) is 21.1 Å². The first-order chi connectivity index (χ1) is 16.3. The van der Waals surface area contributed by atoms with Gasteiger partial charge in [0.2, 0.25) is 0 Å². The van der Waals surface area contributed by atoms with Gasteiger partial charge < -0.3 is 4.74 Å². The van der Waals surface area contributed by atoms with E-state index in [0.29, 0.717) is 26.8 Å². The lowest BCUT2D eigenvalue weighted by molar-refractivity contribution is -0.123. The third kappa shape index (κ3) is 5.85. The van der Waals surface area contributed by atoms with Crippen LogP contribution in [0, 0.1) is 5.82 Å². The van der Waals surface area contributed by atoms with Crippen molar-refractivity contribution < 1.29 is 18.7 Å². The van der Waals surface area contributed by atoms with E-state index in [0.717, 1.165) is 26.8 Å². The van der Waals surface area contributed by atoms with Crippen LogP contribution in [0.15, 0.2) is 76.1 Å². The normalized spacial score (nSPS) is 14.6. The number of halogens is 3. The van der Waals surface area contributed by atoms with Crippen LogP contribution in [0.1, 0.15) is 21.5 Å². The topological polar surface area (TPSA) is 58.6 Å². The van der Waals surface area contributed by atoms with E-state index < -0.39 is 11.8 Å². The molecule has 0 spiro atoms. The number of carbonyl (C=O) groups is 2. The Hall–Kier alpha value is -2.72. The third-order valence-electron chi connectivity index (χ3n) is 4.68. The van der Waals surface area contributed by atoms with E-state index in [1.54, 1.807) is 54.6 Å². The summed E-state index contributed by atoms with van der Waals surface area (Å²) in [6.07, 6.45) is 1.65. The first kappa shape index (κ1) is 24.4. The monoisotopic (exact) mass is 576 g/mol. The lowest BCUT2D eigenvalue weighted by Gasteiger charge is -2.15. The van der Waals surface area contributed by atoms with E-state index in [2.05, 4.69) is 21.4 Å². The molecule has 0 aromatic heterocycles. The molecule has 0 aliphatic carbocycles. The van der Waals surface area contributed by atoms with Gasteiger partial charge in [0.05, 0.1) is 4.91 Å². The minimum Gasteiger partial charge on any atom is -0.488 e. The third-order valence-corrected chi connectivity index (χ3v) is 6.73. The molecule has 34 heavy (non-hydrogen) atoms. The van der Waals surface area contributed by atoms with Gasteiger partial charge in [-0.05, 0) is 78.5 Å². The van der Waals surface area contributed by atoms with Gasteiger partial charge >= 0.3 is 0 Å². The zero-order valence-corrected chi connectivity index (χ0v) is 21.2. The molecular weight excluding hydrogens is 563 g/mol. The Balaban J connectivity index is 1.52. The highest BCUT2D eigenvalue weighted by Gasteiger charge is 2.34. The van der Waals surface area contributed by atoms with E-state index in [9.17, 15) is 14.0 Å². The molecule has 4 rings (SSSR count). The van der Waals surface area contributed by atoms with Crippen molar-refractivity contribution in [1.82, 2.24) is 10.4 Å². The van der Waals surface area contributed by atoms with E-state index in [-0.39, 0.29) is 16.7 Å². The SMILES string of the molecule is O=C(NN1C(=O)/C(=C/c2cc(Br)ccc2OCc2ccc(F)cc2)SC1=S)c1ccc(Cl)cc1. The van der Waals surface area contributed by atoms with E-state index in [1.807, 2.05) is 6.07 Å². The van der Waals surface area contributed by atoms with Crippen molar-refractivity contribution in [3.63, 3.8) is 0 Å². The number of ether oxygens (including phenoxy) is 1. The molecule has 2 amide bonds. The fraction of sp³-hybridized carbons (Fsp3) is 0.0417. The molecule has 1 heterocycles. The summed E-state index contributed by atoms with van der Waals surface area (Å²) >= 11 is 15.7. The summed E-state index contributed by atoms with van der Waals surface area (Å²) in [5.74, 6) is -0.733. The molecule has 1 aliphatic rings. The Morgan fingerprint density at radius 2 is 1.85 bits per heavy atom. The lowest BCUT2D eigenvalue weighted by Crippen LogP contribution is -2.44. The summed E-state index contributed by atoms with van der Waals surface area (Å²) in [7, 11) is 0. The van der Waals surface area contributed by atoms with Crippen molar-refractivity contribution in [3.8, 4) is 5.75 Å². The van der Waals surface area contributed by atoms with Crippen molar-refractivity contribution in [1.29, 1.82) is 0 Å². The molecular formula is C24H15BrClFN2O3S2. The fourth-order valence-electron chi connectivity index (χ4n) is 2.98. The molecule has 10 heteroatoms. The average Bonchev–Trinajstić information content (AvgIpc) is 3.07. The highest BCUT2D eigenvalue weighted by molar-refractivity contribution is 9.10. The standard InChI is InChI=1S/C24H15BrClFN2O3S2/c25-17-5-10-20(32-13-14-1-8-19(27)9-2-14)16(11-17)12-21-23(31)29(24(33)34-21)28-22(30)15-3-6-18(26)7-4-15/h1-12H,13H2,(H,28,30)/b21-12-. The van der Waals surface area contributed by atoms with Crippen LogP contribution in [0.5, 0.6) is 5.75 Å². The largest absolute Gasteiger partial charge is 0.488 e. The molecule has 0 atom stereocenters. The van der Waals surface area contributed by atoms with Crippen molar-refractivity contribution in [2.24, 2.45) is 0 Å². The van der Waals surface area contributed by atoms with Crippen molar-refractivity contribution >= 4 is 73.7 Å². The van der Waals surface area contributed by atoms with Gasteiger partial charge in [-0.25, -0.2) is 4.39 Å². The number of nitrogens with zero attached hydrogens (tertiary/aromatic N) is 1. The molecule has 172 valence electrons. The average molecular weight is 578 g/mol. The van der Waals surface area contributed by atoms with Gasteiger partial charge in [-0.1, -0.05) is 51.4 Å². The first-order valence-electron chi connectivity index (χ1n) is 9.81. The fourth-order valence-corrected chi connectivity index (χ4v) is 4.65. The minimum absolute atomic E-state index is 0.197. The van der Waals surface area contributed by atoms with Gasteiger partial charge in [0, 0.05) is 20.6 Å². The van der Waals surface area contributed by atoms with E-state index in [4.69, 9.17) is 28.6 Å². The summed E-state index contributed by atoms with van der Waals surface area (Å²) < 4.78 is 20.0. The van der Waals surface area contributed by atoms with Crippen molar-refractivity contribution in [2.45, 2.75) is 6.61 Å². The van der Waals surface area contributed by atoms with Crippen LogP contribution in [0.25, 0.3) is 6.08 Å². The number of rotatable bonds is 6. The number of amides is 2. The summed E-state index contributed by atoms with van der Waals surface area (Å²) in [4.78, 5) is 25.8. The zero-order chi connectivity index (χ0) is 24.2. The summed E-state index contributed by atoms with van der Waals surface area (Å²) in [6, 6.07) is 17.7. The molecule has 1 aliphatic heterocycles. The van der Waals surface area contributed by atoms with Crippen LogP contribution in [-0.2, 0) is 11.4 Å². The molecule has 1 N–H and O–H groups in total. The van der Waals surface area contributed by atoms with Gasteiger partial charge in [0.1, 0.15) is 18.2 Å². The van der Waals surface area contributed by atoms with E-state index in [1.165, 1.54) is 12.1 Å². The predicted molar refractivity (Wildman–Crippen MR) is 139 cm³/mol. The second-order valence-corrected chi connectivity index (χ2v) is 10.1. The second kappa shape index (κ2) is 10.7. The second-order valence-electron chi connectivity index (χ2n) is 7.06. The van der Waals surface area contributed by atoms with Gasteiger partial charge in [-0.15, -0.1) is 0 Å². The van der Waals surface area contributed by atoms with E-state index >= 15 is 0 Å². The summed E-state index contributed by atoms with van der Waals surface area (Å²) in [5.41, 5.74) is 4.31. The number of carbonyl (C=O) groups excluding carboxylic acids is 2. The Morgan fingerprint density at radius 1 is 1.15 bits per heavy atom. The molecule has 3 aromatic carbocycles. The maximum atomic E-state index is 13.1. The summed E-state index contributed by atoms with van der Waals surface area (Å²) in [5, 5.41) is 1.54. The molecule has 1 saturated heterocycles. The molecule has 5 nitrogen and oxygen atoms in total. The molecule has 0 saturated carbocycles.